The lowest BCUT2D eigenvalue weighted by Gasteiger charge is -2.40. The molecule has 0 bridgehead atoms. The van der Waals surface area contributed by atoms with Crippen molar-refractivity contribution >= 4 is 23.9 Å². The van der Waals surface area contributed by atoms with Gasteiger partial charge < -0.3 is 23.7 Å². The number of carbonyl (C=O) groups is 4. The van der Waals surface area contributed by atoms with Gasteiger partial charge in [-0.3, -0.25) is 0 Å². The Balaban J connectivity index is 1.67. The molecule has 3 aromatic carbocycles. The van der Waals surface area contributed by atoms with E-state index in [0.717, 1.165) is 6.08 Å². The van der Waals surface area contributed by atoms with Crippen molar-refractivity contribution in [1.29, 1.82) is 0 Å². The zero-order valence-electron chi connectivity index (χ0n) is 21.0. The monoisotopic (exact) mass is 530 g/mol. The van der Waals surface area contributed by atoms with E-state index in [1.165, 1.54) is 18.2 Å². The highest BCUT2D eigenvalue weighted by Crippen LogP contribution is 2.27. The molecule has 0 radical (unpaired) electrons. The Kier molecular flexibility index (Phi) is 9.20. The summed E-state index contributed by atoms with van der Waals surface area (Å²) in [4.78, 5) is 51.3. The Hall–Kier alpha value is -4.76. The summed E-state index contributed by atoms with van der Waals surface area (Å²) in [6.45, 7) is 1.32. The number of ether oxygens (including phenoxy) is 5. The number of allylic oxidation sites excluding steroid dienone is 1. The predicted octanol–water partition coefficient (Wildman–Crippen LogP) is 4.14. The van der Waals surface area contributed by atoms with Gasteiger partial charge in [-0.05, 0) is 43.3 Å². The van der Waals surface area contributed by atoms with Gasteiger partial charge in [-0.15, -0.1) is 0 Å². The van der Waals surface area contributed by atoms with Gasteiger partial charge in [-0.1, -0.05) is 60.7 Å². The van der Waals surface area contributed by atoms with Crippen LogP contribution in [0.1, 0.15) is 38.0 Å². The molecule has 1 aliphatic rings. The van der Waals surface area contributed by atoms with Gasteiger partial charge in [-0.2, -0.15) is 0 Å². The van der Waals surface area contributed by atoms with Crippen molar-refractivity contribution in [3.05, 3.63) is 120 Å². The van der Waals surface area contributed by atoms with E-state index in [9.17, 15) is 19.2 Å². The van der Waals surface area contributed by atoms with Crippen molar-refractivity contribution in [2.24, 2.45) is 0 Å². The summed E-state index contributed by atoms with van der Waals surface area (Å²) in [6.07, 6.45) is -2.88. The maximum absolute atomic E-state index is 13.1. The van der Waals surface area contributed by atoms with Gasteiger partial charge in [0.2, 0.25) is 12.4 Å². The highest BCUT2D eigenvalue weighted by Gasteiger charge is 2.49. The van der Waals surface area contributed by atoms with Gasteiger partial charge in [0.25, 0.3) is 0 Å². The van der Waals surface area contributed by atoms with Crippen LogP contribution in [0.4, 0.5) is 0 Å². The summed E-state index contributed by atoms with van der Waals surface area (Å²) in [6, 6.07) is 24.4. The van der Waals surface area contributed by atoms with Crippen molar-refractivity contribution in [2.75, 3.05) is 6.61 Å². The van der Waals surface area contributed by atoms with E-state index in [2.05, 4.69) is 0 Å². The van der Waals surface area contributed by atoms with Gasteiger partial charge in [0.15, 0.2) is 12.2 Å². The van der Waals surface area contributed by atoms with E-state index < -0.39 is 48.5 Å². The third-order valence-electron chi connectivity index (χ3n) is 5.69. The molecule has 0 saturated carbocycles. The first-order chi connectivity index (χ1) is 19.0. The zero-order chi connectivity index (χ0) is 27.6. The third-order valence-corrected chi connectivity index (χ3v) is 5.69. The van der Waals surface area contributed by atoms with Crippen LogP contribution < -0.4 is 0 Å². The molecule has 4 rings (SSSR count). The Morgan fingerprint density at radius 2 is 1.08 bits per heavy atom. The van der Waals surface area contributed by atoms with E-state index >= 15 is 0 Å². The lowest BCUT2D eigenvalue weighted by atomic mass is 10.0. The van der Waals surface area contributed by atoms with Crippen LogP contribution in [0.15, 0.2) is 103 Å². The molecule has 1 fully saturated rings. The zero-order valence-corrected chi connectivity index (χ0v) is 21.0. The Bertz CT molecular complexity index is 1310. The molecule has 9 nitrogen and oxygen atoms in total. The summed E-state index contributed by atoms with van der Waals surface area (Å²) >= 11 is 0. The molecule has 0 amide bonds. The molecule has 39 heavy (non-hydrogen) atoms. The summed E-state index contributed by atoms with van der Waals surface area (Å²) in [7, 11) is 0. The number of carbonyl (C=O) groups excluding carboxylic acids is 4. The topological polar surface area (TPSA) is 114 Å². The summed E-state index contributed by atoms with van der Waals surface area (Å²) in [5, 5.41) is 0. The molecule has 0 aromatic heterocycles. The Labute approximate surface area is 224 Å². The van der Waals surface area contributed by atoms with Crippen molar-refractivity contribution < 1.29 is 42.9 Å². The van der Waals surface area contributed by atoms with E-state index in [-0.39, 0.29) is 23.3 Å². The van der Waals surface area contributed by atoms with Crippen molar-refractivity contribution in [3.63, 3.8) is 0 Å². The first-order valence-electron chi connectivity index (χ1n) is 12.2. The maximum atomic E-state index is 13.1. The minimum Gasteiger partial charge on any atom is -0.452 e. The molecule has 3 aromatic rings. The van der Waals surface area contributed by atoms with Crippen LogP contribution in [0, 0.1) is 0 Å². The largest absolute Gasteiger partial charge is 0.452 e. The SMILES string of the molecule is C/C=C/C(=O)O[C@@H]1OC[C@@H](OC(=O)c2ccccc2)[C@H](OC(=O)c2ccccc2)[C@H]1OC(=O)c1ccccc1. The van der Waals surface area contributed by atoms with Crippen molar-refractivity contribution in [1.82, 2.24) is 0 Å². The van der Waals surface area contributed by atoms with Crippen molar-refractivity contribution in [3.8, 4) is 0 Å². The number of esters is 4. The van der Waals surface area contributed by atoms with E-state index in [0.29, 0.717) is 0 Å². The second kappa shape index (κ2) is 13.2. The number of benzene rings is 3. The standard InChI is InChI=1S/C30H26O9/c1-2-12-24(31)37-30-26(39-29(34)22-17-10-5-11-18-22)25(38-28(33)21-15-8-4-9-16-21)23(19-35-30)36-27(32)20-13-6-3-7-14-20/h2-18,23,25-26,30H,19H2,1H3/b12-2+/t23-,25+,26-,30+/m1/s1. The minimum atomic E-state index is -1.47. The highest BCUT2D eigenvalue weighted by atomic mass is 16.7. The van der Waals surface area contributed by atoms with Crippen LogP contribution in [0.5, 0.6) is 0 Å². The van der Waals surface area contributed by atoms with Gasteiger partial charge in [0.1, 0.15) is 0 Å². The highest BCUT2D eigenvalue weighted by molar-refractivity contribution is 5.91. The quantitative estimate of drug-likeness (QED) is 0.241. The third kappa shape index (κ3) is 7.18. The average molecular weight is 531 g/mol. The second-order valence-electron chi connectivity index (χ2n) is 8.42. The first kappa shape index (κ1) is 27.3. The summed E-state index contributed by atoms with van der Waals surface area (Å²) < 4.78 is 28.2. The number of hydrogen-bond acceptors (Lipinski definition) is 9. The fourth-order valence-corrected chi connectivity index (χ4v) is 3.81. The second-order valence-corrected chi connectivity index (χ2v) is 8.42. The molecule has 1 saturated heterocycles. The molecular weight excluding hydrogens is 504 g/mol. The Morgan fingerprint density at radius 1 is 0.641 bits per heavy atom. The van der Waals surface area contributed by atoms with Gasteiger partial charge in [0, 0.05) is 6.08 Å². The fraction of sp³-hybridized carbons (Fsp3) is 0.200. The lowest BCUT2D eigenvalue weighted by molar-refractivity contribution is -0.259. The van der Waals surface area contributed by atoms with Crippen LogP contribution in [-0.2, 0) is 28.5 Å². The Morgan fingerprint density at radius 3 is 1.54 bits per heavy atom. The lowest BCUT2D eigenvalue weighted by Crippen LogP contribution is -2.58. The molecule has 0 spiro atoms. The van der Waals surface area contributed by atoms with Gasteiger partial charge in [0.05, 0.1) is 23.3 Å². The van der Waals surface area contributed by atoms with Crippen LogP contribution in [0.3, 0.4) is 0 Å². The predicted molar refractivity (Wildman–Crippen MR) is 138 cm³/mol. The van der Waals surface area contributed by atoms with Crippen LogP contribution >= 0.6 is 0 Å². The van der Waals surface area contributed by atoms with Crippen LogP contribution in [0.25, 0.3) is 0 Å². The molecule has 0 unspecified atom stereocenters. The average Bonchev–Trinajstić information content (AvgIpc) is 2.97. The smallest absolute Gasteiger partial charge is 0.338 e. The fourth-order valence-electron chi connectivity index (χ4n) is 3.81. The van der Waals surface area contributed by atoms with Gasteiger partial charge in [-0.25, -0.2) is 19.2 Å². The molecule has 1 heterocycles. The van der Waals surface area contributed by atoms with Crippen LogP contribution in [0.2, 0.25) is 0 Å². The minimum absolute atomic E-state index is 0.201. The normalized spacial score (nSPS) is 20.5. The molecule has 0 N–H and O–H groups in total. The molecule has 1 aliphatic heterocycles. The number of hydrogen-bond donors (Lipinski definition) is 0. The summed E-state index contributed by atoms with van der Waals surface area (Å²) in [5.41, 5.74) is 0.672. The molecule has 0 aliphatic carbocycles. The van der Waals surface area contributed by atoms with E-state index in [1.54, 1.807) is 85.8 Å². The van der Waals surface area contributed by atoms with E-state index in [1.807, 2.05) is 0 Å². The van der Waals surface area contributed by atoms with E-state index in [4.69, 9.17) is 23.7 Å². The summed E-state index contributed by atoms with van der Waals surface area (Å²) in [5.74, 6) is -3.02. The first-order valence-corrected chi connectivity index (χ1v) is 12.2. The molecular formula is C30H26O9. The maximum Gasteiger partial charge on any atom is 0.338 e. The molecule has 4 atom stereocenters. The van der Waals surface area contributed by atoms with Crippen LogP contribution in [-0.4, -0.2) is 55.1 Å². The van der Waals surface area contributed by atoms with Gasteiger partial charge >= 0.3 is 23.9 Å². The molecule has 200 valence electrons. The molecule has 9 heteroatoms. The number of rotatable bonds is 8. The van der Waals surface area contributed by atoms with Crippen molar-refractivity contribution in [2.45, 2.75) is 31.5 Å².